The molecule has 60 heavy (non-hydrogen) atoms. The first kappa shape index (κ1) is 41.2. The molecule has 0 radical (unpaired) electrons. The first-order valence-corrected chi connectivity index (χ1v) is 20.8. The third-order valence-corrected chi connectivity index (χ3v) is 13.6. The van der Waals surface area contributed by atoms with Crippen LogP contribution in [0, 0.1) is 33.9 Å². The Morgan fingerprint density at radius 3 is 2.22 bits per heavy atom. The van der Waals surface area contributed by atoms with E-state index in [1.54, 1.807) is 30.3 Å². The molecule has 1 aliphatic carbocycles. The number of hydrogen-bond donors (Lipinski definition) is 1. The number of nitrogens with zero attached hydrogens (tertiary/aromatic N) is 7. The van der Waals surface area contributed by atoms with Gasteiger partial charge in [-0.25, -0.2) is 9.37 Å². The van der Waals surface area contributed by atoms with E-state index in [4.69, 9.17) is 22.1 Å². The number of carbonyl (C=O) groups excluding carboxylic acids is 5. The van der Waals surface area contributed by atoms with Gasteiger partial charge in [0.2, 0.25) is 5.91 Å². The predicted octanol–water partition coefficient (Wildman–Crippen LogP) is 4.88. The summed E-state index contributed by atoms with van der Waals surface area (Å²) in [5.74, 6) is -2.10. The van der Waals surface area contributed by atoms with Crippen LogP contribution in [0.3, 0.4) is 0 Å². The maximum Gasteiger partial charge on any atom is 0.262 e. The standard InChI is InChI=1S/C44H48ClFN8O6/c1-43(2)41(44(3,4)42(43)60-28-7-5-26(22-47)32(45)20-28)54-36(55)10-9-34(40(54)59)53-38(57)29-8-6-27(19-30(29)39(53)58)51-13-11-25(12-14-51)24-50-15-17-52(18-16-50)35-21-33(46)31(23-49-35)37(48)56/h5-8,19-21,23,25,34,41-42H,9-18,24H2,1-4H3,(H2,48,56). The van der Waals surface area contributed by atoms with Gasteiger partial charge in [0.1, 0.15) is 35.6 Å². The lowest BCUT2D eigenvalue weighted by Gasteiger charge is -2.65. The van der Waals surface area contributed by atoms with Crippen LogP contribution in [-0.4, -0.2) is 113 Å². The van der Waals surface area contributed by atoms with Gasteiger partial charge in [-0.1, -0.05) is 39.3 Å². The smallest absolute Gasteiger partial charge is 0.262 e. The molecular formula is C44H48ClFN8O6. The van der Waals surface area contributed by atoms with Crippen molar-refractivity contribution in [2.24, 2.45) is 22.5 Å². The normalized spacial score (nSPS) is 24.3. The maximum atomic E-state index is 14.4. The number of fused-ring (bicyclic) bond motifs is 1. The van der Waals surface area contributed by atoms with Gasteiger partial charge in [0.05, 0.1) is 33.3 Å². The quantitative estimate of drug-likeness (QED) is 0.291. The summed E-state index contributed by atoms with van der Waals surface area (Å²) in [6.45, 7) is 13.2. The van der Waals surface area contributed by atoms with E-state index in [1.165, 1.54) is 17.2 Å². The van der Waals surface area contributed by atoms with Gasteiger partial charge >= 0.3 is 0 Å². The highest BCUT2D eigenvalue weighted by Crippen LogP contribution is 2.58. The van der Waals surface area contributed by atoms with Crippen LogP contribution in [0.2, 0.25) is 5.02 Å². The van der Waals surface area contributed by atoms with Crippen molar-refractivity contribution in [3.63, 3.8) is 0 Å². The number of nitriles is 1. The Morgan fingerprint density at radius 1 is 0.900 bits per heavy atom. The van der Waals surface area contributed by atoms with E-state index in [0.29, 0.717) is 36.1 Å². The number of benzene rings is 2. The zero-order valence-electron chi connectivity index (χ0n) is 34.1. The highest BCUT2D eigenvalue weighted by atomic mass is 35.5. The second-order valence-electron chi connectivity index (χ2n) is 17.8. The van der Waals surface area contributed by atoms with Gasteiger partial charge in [-0.2, -0.15) is 5.26 Å². The van der Waals surface area contributed by atoms with Crippen LogP contribution in [0.15, 0.2) is 48.7 Å². The summed E-state index contributed by atoms with van der Waals surface area (Å²) in [6.07, 6.45) is 2.69. The average molecular weight is 839 g/mol. The van der Waals surface area contributed by atoms with Crippen LogP contribution in [0.25, 0.3) is 0 Å². The molecular weight excluding hydrogens is 791 g/mol. The molecule has 5 aliphatic rings. The fraction of sp³-hybridized carbons (Fsp3) is 0.477. The summed E-state index contributed by atoms with van der Waals surface area (Å²) < 4.78 is 20.7. The number of likely N-dealkylation sites (tertiary alicyclic amines) is 1. The van der Waals surface area contributed by atoms with E-state index in [1.807, 2.05) is 44.7 Å². The molecule has 4 aliphatic heterocycles. The number of amides is 5. The van der Waals surface area contributed by atoms with Gasteiger partial charge in [-0.15, -0.1) is 0 Å². The Kier molecular flexibility index (Phi) is 10.6. The molecule has 5 amide bonds. The number of rotatable bonds is 9. The summed E-state index contributed by atoms with van der Waals surface area (Å²) in [4.78, 5) is 80.5. The molecule has 16 heteroatoms. The lowest BCUT2D eigenvalue weighted by atomic mass is 9.48. The summed E-state index contributed by atoms with van der Waals surface area (Å²) in [6, 6.07) is 11.7. The SMILES string of the molecule is CC1(C)C(Oc2ccc(C#N)c(Cl)c2)C(C)(C)C1N1C(=O)CCC(N2C(=O)c3ccc(N4CCC(CN5CCN(c6cc(F)c(C(N)=O)cn6)CC5)CC4)cc3C2=O)C1=O. The Labute approximate surface area is 353 Å². The van der Waals surface area contributed by atoms with Gasteiger partial charge in [-0.3, -0.25) is 38.7 Å². The number of halogens is 2. The van der Waals surface area contributed by atoms with E-state index in [-0.39, 0.29) is 40.5 Å². The van der Waals surface area contributed by atoms with E-state index in [9.17, 15) is 33.6 Å². The molecule has 0 bridgehead atoms. The number of aromatic nitrogens is 1. The van der Waals surface area contributed by atoms with Crippen molar-refractivity contribution < 1.29 is 33.1 Å². The van der Waals surface area contributed by atoms with Crippen molar-refractivity contribution in [3.8, 4) is 11.8 Å². The molecule has 3 aromatic rings. The fourth-order valence-corrected chi connectivity index (χ4v) is 10.8. The third kappa shape index (κ3) is 7.03. The van der Waals surface area contributed by atoms with Gasteiger partial charge in [0, 0.05) is 87.1 Å². The average Bonchev–Trinajstić information content (AvgIpc) is 3.46. The number of imide groups is 2. The number of anilines is 2. The van der Waals surface area contributed by atoms with E-state index < -0.39 is 58.5 Å². The Balaban J connectivity index is 0.884. The molecule has 3 saturated heterocycles. The topological polar surface area (TPSA) is 173 Å². The van der Waals surface area contributed by atoms with Crippen molar-refractivity contribution in [3.05, 3.63) is 81.8 Å². The zero-order chi connectivity index (χ0) is 42.8. The molecule has 1 aromatic heterocycles. The van der Waals surface area contributed by atoms with Crippen molar-refractivity contribution >= 4 is 52.6 Å². The van der Waals surface area contributed by atoms with Crippen LogP contribution in [-0.2, 0) is 9.59 Å². The second kappa shape index (κ2) is 15.5. The first-order valence-electron chi connectivity index (χ1n) is 20.4. The largest absolute Gasteiger partial charge is 0.489 e. The van der Waals surface area contributed by atoms with Crippen molar-refractivity contribution in [1.29, 1.82) is 5.26 Å². The molecule has 2 N–H and O–H groups in total. The maximum absolute atomic E-state index is 14.4. The Bertz CT molecular complexity index is 2320. The molecule has 1 atom stereocenters. The number of hydrogen-bond acceptors (Lipinski definition) is 11. The molecule has 4 fully saturated rings. The lowest BCUT2D eigenvalue weighted by Crippen LogP contribution is -2.77. The summed E-state index contributed by atoms with van der Waals surface area (Å²) in [5.41, 5.74) is 5.24. The van der Waals surface area contributed by atoms with Crippen LogP contribution in [0.1, 0.15) is 90.0 Å². The molecule has 8 rings (SSSR count). The van der Waals surface area contributed by atoms with E-state index in [2.05, 4.69) is 14.8 Å². The molecule has 14 nitrogen and oxygen atoms in total. The van der Waals surface area contributed by atoms with Crippen LogP contribution in [0.4, 0.5) is 15.9 Å². The minimum atomic E-state index is -1.13. The number of piperazine rings is 1. The van der Waals surface area contributed by atoms with E-state index in [0.717, 1.165) is 56.2 Å². The van der Waals surface area contributed by atoms with Crippen LogP contribution >= 0.6 is 11.6 Å². The van der Waals surface area contributed by atoms with Gasteiger partial charge < -0.3 is 20.3 Å². The lowest BCUT2D eigenvalue weighted by molar-refractivity contribution is -0.216. The number of pyridine rings is 1. The number of ether oxygens (including phenoxy) is 1. The summed E-state index contributed by atoms with van der Waals surface area (Å²) in [5, 5.41) is 9.54. The van der Waals surface area contributed by atoms with Crippen LogP contribution < -0.4 is 20.3 Å². The Hall–Kier alpha value is -5.59. The van der Waals surface area contributed by atoms with Gasteiger partial charge in [-0.05, 0) is 55.5 Å². The minimum Gasteiger partial charge on any atom is -0.489 e. The number of primary amides is 1. The first-order chi connectivity index (χ1) is 28.5. The number of carbonyl (C=O) groups is 5. The zero-order valence-corrected chi connectivity index (χ0v) is 34.9. The van der Waals surface area contributed by atoms with Crippen molar-refractivity contribution in [1.82, 2.24) is 19.7 Å². The molecule has 314 valence electrons. The van der Waals surface area contributed by atoms with Crippen molar-refractivity contribution in [2.75, 3.05) is 55.6 Å². The molecule has 1 unspecified atom stereocenters. The minimum absolute atomic E-state index is 0.00247. The molecule has 0 spiro atoms. The number of nitrogens with two attached hydrogens (primary N) is 1. The number of piperidine rings is 2. The fourth-order valence-electron chi connectivity index (χ4n) is 10.6. The molecule has 5 heterocycles. The second-order valence-corrected chi connectivity index (χ2v) is 18.2. The highest BCUT2D eigenvalue weighted by molar-refractivity contribution is 6.31. The van der Waals surface area contributed by atoms with Crippen molar-refractivity contribution in [2.45, 2.75) is 71.6 Å². The van der Waals surface area contributed by atoms with E-state index >= 15 is 0 Å². The summed E-state index contributed by atoms with van der Waals surface area (Å²) in [7, 11) is 0. The Morgan fingerprint density at radius 2 is 1.58 bits per heavy atom. The predicted molar refractivity (Wildman–Crippen MR) is 220 cm³/mol. The highest BCUT2D eigenvalue weighted by Gasteiger charge is 2.68. The monoisotopic (exact) mass is 838 g/mol. The molecule has 2 aromatic carbocycles. The molecule has 1 saturated carbocycles. The van der Waals surface area contributed by atoms with Gasteiger partial charge in [0.15, 0.2) is 0 Å². The summed E-state index contributed by atoms with van der Waals surface area (Å²) >= 11 is 6.27. The van der Waals surface area contributed by atoms with Crippen LogP contribution in [0.5, 0.6) is 5.75 Å². The third-order valence-electron chi connectivity index (χ3n) is 13.3. The van der Waals surface area contributed by atoms with Gasteiger partial charge in [0.25, 0.3) is 23.6 Å².